The van der Waals surface area contributed by atoms with E-state index in [1.54, 1.807) is 7.76 Å². The van der Waals surface area contributed by atoms with Gasteiger partial charge in [-0.2, -0.15) is 0 Å². The summed E-state index contributed by atoms with van der Waals surface area (Å²) >= 11 is -0.235. The minimum atomic E-state index is -0.235. The van der Waals surface area contributed by atoms with Crippen LogP contribution in [-0.2, 0) is 19.2 Å². The molecule has 4 rings (SSSR count). The van der Waals surface area contributed by atoms with Crippen LogP contribution >= 0.6 is 0 Å². The van der Waals surface area contributed by atoms with E-state index in [0.29, 0.717) is 11.8 Å². The maximum atomic E-state index is 2.33. The molecule has 0 heterocycles. The molecule has 0 aromatic carbocycles. The van der Waals surface area contributed by atoms with Crippen molar-refractivity contribution < 1.29 is 44.0 Å². The molecule has 2 unspecified atom stereocenters. The van der Waals surface area contributed by atoms with Crippen LogP contribution in [0.4, 0.5) is 0 Å². The van der Waals surface area contributed by atoms with Crippen LogP contribution < -0.4 is 24.8 Å². The van der Waals surface area contributed by atoms with Gasteiger partial charge in [-0.1, -0.05) is 0 Å². The maximum Gasteiger partial charge on any atom is -1.00 e. The van der Waals surface area contributed by atoms with Gasteiger partial charge in [-0.05, 0) is 0 Å². The first kappa shape index (κ1) is 16.6. The normalized spacial score (nSPS) is 26.5. The molecule has 4 aliphatic carbocycles. The fourth-order valence-electron chi connectivity index (χ4n) is 2.97. The SMILES string of the molecule is C1=CC2C=CC=C2[C]([Ti+2][C]2=CC=CC3C=CC=C23)=C1.[Cl-].[Cl-]. The molecule has 3 heteroatoms. The molecule has 104 valence electrons. The van der Waals surface area contributed by atoms with Crippen molar-refractivity contribution in [1.29, 1.82) is 0 Å². The maximum absolute atomic E-state index is 2.33. The van der Waals surface area contributed by atoms with Crippen LogP contribution in [0.2, 0.25) is 0 Å². The number of halogens is 2. The van der Waals surface area contributed by atoms with Crippen LogP contribution in [0.3, 0.4) is 0 Å². The number of hydrogen-bond donors (Lipinski definition) is 0. The Morgan fingerprint density at radius 1 is 0.571 bits per heavy atom. The summed E-state index contributed by atoms with van der Waals surface area (Å²) in [5, 5.41) is 0. The summed E-state index contributed by atoms with van der Waals surface area (Å²) < 4.78 is 3.18. The van der Waals surface area contributed by atoms with Gasteiger partial charge in [0.2, 0.25) is 0 Å². The molecule has 4 aliphatic rings. The van der Waals surface area contributed by atoms with Crippen molar-refractivity contribution in [2.24, 2.45) is 11.8 Å². The summed E-state index contributed by atoms with van der Waals surface area (Å²) in [6, 6.07) is 0. The molecule has 0 spiro atoms. The Balaban J connectivity index is 0.000000807. The van der Waals surface area contributed by atoms with Crippen LogP contribution in [0.25, 0.3) is 0 Å². The smallest absolute Gasteiger partial charge is 1.00 e. The third-order valence-electron chi connectivity index (χ3n) is 3.96. The van der Waals surface area contributed by atoms with Gasteiger partial charge in [-0.3, -0.25) is 0 Å². The molecule has 0 amide bonds. The summed E-state index contributed by atoms with van der Waals surface area (Å²) in [4.78, 5) is 0. The second-order valence-electron chi connectivity index (χ2n) is 5.12. The number of hydrogen-bond acceptors (Lipinski definition) is 0. The van der Waals surface area contributed by atoms with Crippen LogP contribution in [0.5, 0.6) is 0 Å². The fourth-order valence-corrected chi connectivity index (χ4v) is 5.22. The average molecular weight is 349 g/mol. The van der Waals surface area contributed by atoms with Crippen LogP contribution in [0.15, 0.2) is 91.8 Å². The Morgan fingerprint density at radius 2 is 0.952 bits per heavy atom. The zero-order chi connectivity index (χ0) is 12.7. The minimum Gasteiger partial charge on any atom is -1.00 e. The second-order valence-corrected chi connectivity index (χ2v) is 7.19. The molecule has 0 nitrogen and oxygen atoms in total. The van der Waals surface area contributed by atoms with Gasteiger partial charge < -0.3 is 24.8 Å². The predicted molar refractivity (Wildman–Crippen MR) is 75.9 cm³/mol. The topological polar surface area (TPSA) is 0 Å². The van der Waals surface area contributed by atoms with Crippen molar-refractivity contribution >= 4 is 0 Å². The first-order chi connectivity index (χ1) is 9.42. The monoisotopic (exact) mass is 348 g/mol. The van der Waals surface area contributed by atoms with Crippen molar-refractivity contribution in [1.82, 2.24) is 0 Å². The van der Waals surface area contributed by atoms with E-state index in [0.717, 1.165) is 0 Å². The van der Waals surface area contributed by atoms with Gasteiger partial charge in [0.25, 0.3) is 0 Å². The minimum absolute atomic E-state index is 0. The Morgan fingerprint density at radius 3 is 1.38 bits per heavy atom. The van der Waals surface area contributed by atoms with Gasteiger partial charge >= 0.3 is 123 Å². The Bertz CT molecular complexity index is 611. The Labute approximate surface area is 147 Å². The van der Waals surface area contributed by atoms with Gasteiger partial charge in [-0.15, -0.1) is 0 Å². The Kier molecular flexibility index (Phi) is 5.51. The van der Waals surface area contributed by atoms with Gasteiger partial charge in [0, 0.05) is 0 Å². The molecular weight excluding hydrogens is 335 g/mol. The van der Waals surface area contributed by atoms with E-state index in [1.807, 2.05) is 0 Å². The van der Waals surface area contributed by atoms with Crippen LogP contribution in [0.1, 0.15) is 0 Å². The van der Waals surface area contributed by atoms with Gasteiger partial charge in [-0.25, -0.2) is 0 Å². The summed E-state index contributed by atoms with van der Waals surface area (Å²) in [6.45, 7) is 0. The predicted octanol–water partition coefficient (Wildman–Crippen LogP) is -1.79. The molecule has 0 fully saturated rings. The molecule has 0 radical (unpaired) electrons. The summed E-state index contributed by atoms with van der Waals surface area (Å²) in [5.41, 5.74) is 3.06. The Hall–Kier alpha value is -0.786. The van der Waals surface area contributed by atoms with Gasteiger partial charge in [0.05, 0.1) is 0 Å². The molecule has 2 atom stereocenters. The third-order valence-corrected chi connectivity index (χ3v) is 6.22. The van der Waals surface area contributed by atoms with Crippen LogP contribution in [-0.4, -0.2) is 0 Å². The molecule has 0 aliphatic heterocycles. The molecular formula is C18H14Cl2Ti. The average Bonchev–Trinajstić information content (AvgIpc) is 3.08. The largest absolute Gasteiger partial charge is 1.00 e. The molecule has 0 saturated carbocycles. The summed E-state index contributed by atoms with van der Waals surface area (Å²) in [5.74, 6) is 1.07. The standard InChI is InChI=1S/2C9H7.2ClH.Ti/c2*1-2-5-9-7-3-6-8(9)4-1;;;/h2*1-4,6-8H;2*1H;/q;;;;+2/p-2. The van der Waals surface area contributed by atoms with E-state index in [1.165, 1.54) is 11.1 Å². The second kappa shape index (κ2) is 6.98. The number of fused-ring (bicyclic) bond motifs is 2. The summed E-state index contributed by atoms with van der Waals surface area (Å²) in [6.07, 6.45) is 27.3. The van der Waals surface area contributed by atoms with E-state index < -0.39 is 0 Å². The molecule has 0 aromatic rings. The molecule has 0 N–H and O–H groups in total. The molecule has 0 saturated heterocycles. The first-order valence-electron chi connectivity index (χ1n) is 6.73. The van der Waals surface area contributed by atoms with Crippen molar-refractivity contribution in [2.75, 3.05) is 0 Å². The van der Waals surface area contributed by atoms with E-state index in [9.17, 15) is 0 Å². The van der Waals surface area contributed by atoms with Crippen molar-refractivity contribution in [3.8, 4) is 0 Å². The molecule has 0 aromatic heterocycles. The van der Waals surface area contributed by atoms with Gasteiger partial charge in [0.15, 0.2) is 0 Å². The summed E-state index contributed by atoms with van der Waals surface area (Å²) in [7, 11) is 0. The van der Waals surface area contributed by atoms with Gasteiger partial charge in [0.1, 0.15) is 0 Å². The molecule has 0 bridgehead atoms. The number of rotatable bonds is 2. The quantitative estimate of drug-likeness (QED) is 0.517. The zero-order valence-corrected chi connectivity index (χ0v) is 14.4. The first-order valence-corrected chi connectivity index (χ1v) is 8.29. The zero-order valence-electron chi connectivity index (χ0n) is 11.3. The fraction of sp³-hybridized carbons (Fsp3) is 0.111. The van der Waals surface area contributed by atoms with Crippen molar-refractivity contribution in [3.05, 3.63) is 91.8 Å². The van der Waals surface area contributed by atoms with E-state index in [4.69, 9.17) is 0 Å². The van der Waals surface area contributed by atoms with E-state index >= 15 is 0 Å². The number of allylic oxidation sites excluding steroid dienone is 16. The molecule has 21 heavy (non-hydrogen) atoms. The van der Waals surface area contributed by atoms with Crippen molar-refractivity contribution in [2.45, 2.75) is 0 Å². The van der Waals surface area contributed by atoms with Crippen LogP contribution in [0, 0.1) is 11.8 Å². The van der Waals surface area contributed by atoms with Crippen molar-refractivity contribution in [3.63, 3.8) is 0 Å². The van der Waals surface area contributed by atoms with E-state index in [2.05, 4.69) is 72.9 Å². The van der Waals surface area contributed by atoms with E-state index in [-0.39, 0.29) is 44.0 Å². The third kappa shape index (κ3) is 3.05.